The van der Waals surface area contributed by atoms with Crippen LogP contribution in [0.1, 0.15) is 532 Å². The standard InChI is InChI=1S/10C10H20.C6H9NO/c10*1-3-5-7-9-10-8-6-4-2;1-2-7-5-3-4-6(7)8/h10*3H,1,4-10H2,2H3;2H,1,3-5H2. The van der Waals surface area contributed by atoms with Crippen molar-refractivity contribution >= 4 is 5.91 Å². The molecule has 0 radical (unpaired) electrons. The van der Waals surface area contributed by atoms with E-state index in [4.69, 9.17) is 0 Å². The van der Waals surface area contributed by atoms with E-state index in [9.17, 15) is 4.79 Å². The molecule has 1 heterocycles. The van der Waals surface area contributed by atoms with Gasteiger partial charge in [-0.2, -0.15) is 0 Å². The fraction of sp³-hybridized carbons (Fsp3) is 0.783. The van der Waals surface area contributed by atoms with Crippen molar-refractivity contribution in [2.24, 2.45) is 0 Å². The van der Waals surface area contributed by atoms with E-state index >= 15 is 0 Å². The minimum atomic E-state index is 0.208. The molecule has 0 spiro atoms. The van der Waals surface area contributed by atoms with Crippen molar-refractivity contribution in [2.75, 3.05) is 6.54 Å². The summed E-state index contributed by atoms with van der Waals surface area (Å²) >= 11 is 0. The van der Waals surface area contributed by atoms with Crippen LogP contribution in [0.3, 0.4) is 0 Å². The van der Waals surface area contributed by atoms with Gasteiger partial charge in [-0.3, -0.25) is 4.79 Å². The highest BCUT2D eigenvalue weighted by Crippen LogP contribution is 2.14. The predicted molar refractivity (Wildman–Crippen MR) is 513 cm³/mol. The van der Waals surface area contributed by atoms with E-state index in [1.165, 1.54) is 449 Å². The van der Waals surface area contributed by atoms with E-state index < -0.39 is 0 Å². The zero-order valence-electron chi connectivity index (χ0n) is 77.1. The number of hydrogen-bond donors (Lipinski definition) is 0. The number of rotatable bonds is 71. The number of likely N-dealkylation sites (tertiary alicyclic amines) is 1. The van der Waals surface area contributed by atoms with Crippen LogP contribution in [-0.4, -0.2) is 17.4 Å². The van der Waals surface area contributed by atoms with Crippen molar-refractivity contribution in [2.45, 2.75) is 532 Å². The predicted octanol–water partition coefficient (Wildman–Crippen LogP) is 40.0. The highest BCUT2D eigenvalue weighted by atomic mass is 16.2. The lowest BCUT2D eigenvalue weighted by Crippen LogP contribution is -2.16. The lowest BCUT2D eigenvalue weighted by atomic mass is 10.1. The molecule has 644 valence electrons. The highest BCUT2D eigenvalue weighted by molar-refractivity contribution is 5.78. The van der Waals surface area contributed by atoms with Crippen molar-refractivity contribution in [3.05, 3.63) is 139 Å². The van der Waals surface area contributed by atoms with Gasteiger partial charge in [0, 0.05) is 13.0 Å². The zero-order chi connectivity index (χ0) is 82.6. The second kappa shape index (κ2) is 145. The molecule has 108 heavy (non-hydrogen) atoms. The summed E-state index contributed by atoms with van der Waals surface area (Å²) in [5.74, 6) is 0.208. The summed E-state index contributed by atoms with van der Waals surface area (Å²) in [4.78, 5) is 12.3. The smallest absolute Gasteiger partial charge is 0.226 e. The van der Waals surface area contributed by atoms with E-state index in [1.54, 1.807) is 11.1 Å². The summed E-state index contributed by atoms with van der Waals surface area (Å²) in [6, 6.07) is 0. The summed E-state index contributed by atoms with van der Waals surface area (Å²) in [6.07, 6.45) is 119. The van der Waals surface area contributed by atoms with Gasteiger partial charge in [0.15, 0.2) is 0 Å². The van der Waals surface area contributed by atoms with Gasteiger partial charge in [-0.25, -0.2) is 0 Å². The molecule has 1 fully saturated rings. The minimum absolute atomic E-state index is 0.208. The molecule has 2 nitrogen and oxygen atoms in total. The van der Waals surface area contributed by atoms with Crippen molar-refractivity contribution in [3.8, 4) is 0 Å². The van der Waals surface area contributed by atoms with Gasteiger partial charge in [-0.1, -0.05) is 458 Å². The normalized spacial score (nSPS) is 10.4. The Morgan fingerprint density at radius 1 is 0.194 bits per heavy atom. The number of hydrogen-bond acceptors (Lipinski definition) is 1. The number of allylic oxidation sites excluding steroid dienone is 10. The van der Waals surface area contributed by atoms with Crippen LogP contribution in [0.25, 0.3) is 0 Å². The van der Waals surface area contributed by atoms with E-state index in [0.717, 1.165) is 13.0 Å². The van der Waals surface area contributed by atoms with Crippen molar-refractivity contribution < 1.29 is 4.79 Å². The quantitative estimate of drug-likeness (QED) is 0.0439. The third-order valence-corrected chi connectivity index (χ3v) is 18.9. The Labute approximate surface area is 688 Å². The topological polar surface area (TPSA) is 20.3 Å². The van der Waals surface area contributed by atoms with Crippen LogP contribution in [0, 0.1) is 0 Å². The fourth-order valence-electron chi connectivity index (χ4n) is 11.6. The molecule has 0 aliphatic carbocycles. The van der Waals surface area contributed by atoms with Gasteiger partial charge in [0.2, 0.25) is 5.91 Å². The molecule has 1 aliphatic heterocycles. The van der Waals surface area contributed by atoms with E-state index in [1.807, 2.05) is 60.8 Å². The number of carbonyl (C=O) groups excluding carboxylic acids is 1. The van der Waals surface area contributed by atoms with E-state index in [-0.39, 0.29) is 5.91 Å². The second-order valence-corrected chi connectivity index (χ2v) is 30.3. The molecule has 1 saturated heterocycles. The lowest BCUT2D eigenvalue weighted by molar-refractivity contribution is -0.125. The van der Waals surface area contributed by atoms with Gasteiger partial charge in [0.25, 0.3) is 0 Å². The summed E-state index contributed by atoms with van der Waals surface area (Å²) in [5.41, 5.74) is 0. The maximum atomic E-state index is 10.7. The zero-order valence-corrected chi connectivity index (χ0v) is 77.1. The van der Waals surface area contributed by atoms with Gasteiger partial charge >= 0.3 is 0 Å². The van der Waals surface area contributed by atoms with Gasteiger partial charge in [0.05, 0.1) is 0 Å². The first kappa shape index (κ1) is 125. The number of carbonyl (C=O) groups is 1. The van der Waals surface area contributed by atoms with Gasteiger partial charge in [-0.15, -0.1) is 65.8 Å². The molecule has 1 amide bonds. The molecular formula is C106H209NO. The average Bonchev–Trinajstić information content (AvgIpc) is 1.81. The highest BCUT2D eigenvalue weighted by Gasteiger charge is 2.16. The molecule has 1 rings (SSSR count). The number of amides is 1. The molecular weight excluding hydrogens is 1300 g/mol. The van der Waals surface area contributed by atoms with Gasteiger partial charge in [-0.05, 0) is 141 Å². The molecule has 0 aromatic rings. The maximum Gasteiger partial charge on any atom is 0.226 e. The van der Waals surface area contributed by atoms with E-state index in [2.05, 4.69) is 142 Å². The van der Waals surface area contributed by atoms with Crippen molar-refractivity contribution in [1.82, 2.24) is 4.90 Å². The summed E-state index contributed by atoms with van der Waals surface area (Å²) < 4.78 is 0. The SMILES string of the molecule is C=CCCCCCCCC.C=CCCCCCCCC.C=CCCCCCCCC.C=CCCCCCCCC.C=CCCCCCCCC.C=CCCCCCCCC.C=CCCCCCCCC.C=CCCCCCCCC.C=CCCCCCCCC.C=CCCCCCCCC.C=CN1CCCC1=O. The third kappa shape index (κ3) is 171. The lowest BCUT2D eigenvalue weighted by Gasteiger charge is -2.05. The molecule has 0 bridgehead atoms. The average molecular weight is 1510 g/mol. The van der Waals surface area contributed by atoms with Gasteiger partial charge in [0.1, 0.15) is 0 Å². The van der Waals surface area contributed by atoms with Crippen molar-refractivity contribution in [3.63, 3.8) is 0 Å². The maximum absolute atomic E-state index is 10.7. The fourth-order valence-corrected chi connectivity index (χ4v) is 11.6. The number of nitrogens with zero attached hydrogens (tertiary/aromatic N) is 1. The minimum Gasteiger partial charge on any atom is -0.320 e. The third-order valence-electron chi connectivity index (χ3n) is 18.9. The van der Waals surface area contributed by atoms with Crippen LogP contribution in [-0.2, 0) is 4.79 Å². The molecule has 0 unspecified atom stereocenters. The Balaban J connectivity index is -0.000000122. The first-order valence-corrected chi connectivity index (χ1v) is 48.0. The number of unbranched alkanes of at least 4 members (excludes halogenated alkanes) is 60. The molecule has 1 aliphatic rings. The largest absolute Gasteiger partial charge is 0.320 e. The Bertz CT molecular complexity index is 1230. The summed E-state index contributed by atoms with van der Waals surface area (Å²) in [6.45, 7) is 63.8. The van der Waals surface area contributed by atoms with Crippen molar-refractivity contribution in [1.29, 1.82) is 0 Å². The van der Waals surface area contributed by atoms with Crippen LogP contribution in [0.2, 0.25) is 0 Å². The Hall–Kier alpha value is -3.39. The molecule has 0 aromatic carbocycles. The summed E-state index contributed by atoms with van der Waals surface area (Å²) in [5, 5.41) is 0. The molecule has 0 saturated carbocycles. The first-order chi connectivity index (χ1) is 53.0. The first-order valence-electron chi connectivity index (χ1n) is 48.0. The Kier molecular flexibility index (Phi) is 169. The van der Waals surface area contributed by atoms with Crippen LogP contribution in [0.5, 0.6) is 0 Å². The molecule has 0 aromatic heterocycles. The Morgan fingerprint density at radius 2 is 0.306 bits per heavy atom. The van der Waals surface area contributed by atoms with Crippen LogP contribution in [0.4, 0.5) is 0 Å². The molecule has 2 heteroatoms. The Morgan fingerprint density at radius 3 is 0.380 bits per heavy atom. The molecule has 0 atom stereocenters. The van der Waals surface area contributed by atoms with Crippen LogP contribution < -0.4 is 0 Å². The monoisotopic (exact) mass is 1510 g/mol. The second-order valence-electron chi connectivity index (χ2n) is 30.3. The van der Waals surface area contributed by atoms with E-state index in [0.29, 0.717) is 6.42 Å². The summed E-state index contributed by atoms with van der Waals surface area (Å²) in [7, 11) is 0. The van der Waals surface area contributed by atoms with Gasteiger partial charge < -0.3 is 4.90 Å². The molecule has 0 N–H and O–H groups in total. The van der Waals surface area contributed by atoms with Crippen LogP contribution >= 0.6 is 0 Å². The van der Waals surface area contributed by atoms with Crippen LogP contribution in [0.15, 0.2) is 139 Å².